The number of hydrazone groups is 1. The van der Waals surface area contributed by atoms with Gasteiger partial charge in [0.1, 0.15) is 0 Å². The molecule has 102 valence electrons. The van der Waals surface area contributed by atoms with Gasteiger partial charge < -0.3 is 15.7 Å². The van der Waals surface area contributed by atoms with Crippen LogP contribution < -0.4 is 16.1 Å². The third-order valence-electron chi connectivity index (χ3n) is 2.63. The summed E-state index contributed by atoms with van der Waals surface area (Å²) in [6, 6.07) is 0. The second-order valence-corrected chi connectivity index (χ2v) is 3.87. The molecule has 1 fully saturated rings. The Morgan fingerprint density at radius 2 is 2.42 bits per heavy atom. The summed E-state index contributed by atoms with van der Waals surface area (Å²) in [6.45, 7) is 1.89. The molecule has 1 atom stereocenters. The van der Waals surface area contributed by atoms with Gasteiger partial charge in [0.2, 0.25) is 0 Å². The van der Waals surface area contributed by atoms with Crippen molar-refractivity contribution in [3.63, 3.8) is 0 Å². The summed E-state index contributed by atoms with van der Waals surface area (Å²) >= 11 is 0. The van der Waals surface area contributed by atoms with Crippen molar-refractivity contribution in [3.8, 4) is 0 Å². The average Bonchev–Trinajstić information content (AvgIpc) is 2.93. The molecule has 0 bridgehead atoms. The summed E-state index contributed by atoms with van der Waals surface area (Å²) in [5.41, 5.74) is 7.27. The quantitative estimate of drug-likeness (QED) is 0.295. The Bertz CT molecular complexity index is 532. The molecule has 2 heterocycles. The van der Waals surface area contributed by atoms with Crippen LogP contribution in [0.4, 0.5) is 5.82 Å². The minimum atomic E-state index is -0.875. The SMILES string of the molecule is C/C(=N\NC(=O)c1c(N)no[n+]1[O-])[C@H]1CCOC1=O. The maximum absolute atomic E-state index is 11.6. The van der Waals surface area contributed by atoms with Crippen LogP contribution in [0.15, 0.2) is 9.73 Å². The van der Waals surface area contributed by atoms with Gasteiger partial charge in [0, 0.05) is 12.1 Å². The number of esters is 1. The Hall–Kier alpha value is -2.65. The molecule has 1 saturated heterocycles. The molecule has 19 heavy (non-hydrogen) atoms. The predicted molar refractivity (Wildman–Crippen MR) is 59.5 cm³/mol. The van der Waals surface area contributed by atoms with Crippen LogP contribution in [0.25, 0.3) is 0 Å². The van der Waals surface area contributed by atoms with Gasteiger partial charge in [-0.05, 0) is 11.8 Å². The van der Waals surface area contributed by atoms with Gasteiger partial charge in [0.25, 0.3) is 0 Å². The highest BCUT2D eigenvalue weighted by Crippen LogP contribution is 2.15. The van der Waals surface area contributed by atoms with Crippen molar-refractivity contribution >= 4 is 23.4 Å². The first kappa shape index (κ1) is 12.8. The molecule has 1 aromatic rings. The first-order chi connectivity index (χ1) is 9.00. The van der Waals surface area contributed by atoms with Crippen molar-refractivity contribution in [2.75, 3.05) is 12.3 Å². The highest BCUT2D eigenvalue weighted by molar-refractivity contribution is 6.02. The number of nitrogens with zero attached hydrogens (tertiary/aromatic N) is 3. The van der Waals surface area contributed by atoms with Crippen molar-refractivity contribution in [3.05, 3.63) is 10.9 Å². The zero-order valence-corrected chi connectivity index (χ0v) is 9.95. The molecule has 1 aliphatic heterocycles. The molecule has 1 aromatic heterocycles. The van der Waals surface area contributed by atoms with E-state index in [-0.39, 0.29) is 16.7 Å². The van der Waals surface area contributed by atoms with Gasteiger partial charge in [-0.2, -0.15) is 5.10 Å². The average molecular weight is 269 g/mol. The van der Waals surface area contributed by atoms with Gasteiger partial charge in [-0.1, -0.05) is 0 Å². The molecule has 1 aliphatic rings. The van der Waals surface area contributed by atoms with Crippen LogP contribution in [0.1, 0.15) is 23.8 Å². The summed E-state index contributed by atoms with van der Waals surface area (Å²) in [7, 11) is 0. The van der Waals surface area contributed by atoms with Crippen molar-refractivity contribution in [2.24, 2.45) is 11.0 Å². The van der Waals surface area contributed by atoms with E-state index in [1.807, 2.05) is 0 Å². The number of rotatable bonds is 3. The Balaban J connectivity index is 2.06. The fourth-order valence-electron chi connectivity index (χ4n) is 1.60. The highest BCUT2D eigenvalue weighted by Gasteiger charge is 2.30. The minimum Gasteiger partial charge on any atom is -0.465 e. The first-order valence-corrected chi connectivity index (χ1v) is 5.37. The summed E-state index contributed by atoms with van der Waals surface area (Å²) in [6.07, 6.45) is 0.501. The summed E-state index contributed by atoms with van der Waals surface area (Å²) in [4.78, 5) is 22.8. The van der Waals surface area contributed by atoms with E-state index in [1.165, 1.54) is 0 Å². The number of hydrogen-bond donors (Lipinski definition) is 2. The van der Waals surface area contributed by atoms with E-state index >= 15 is 0 Å². The zero-order valence-electron chi connectivity index (χ0n) is 9.95. The number of nitrogens with one attached hydrogen (secondary N) is 1. The molecule has 3 N–H and O–H groups in total. The van der Waals surface area contributed by atoms with Crippen LogP contribution in [0.2, 0.25) is 0 Å². The van der Waals surface area contributed by atoms with Crippen LogP contribution in [-0.2, 0) is 9.53 Å². The van der Waals surface area contributed by atoms with Gasteiger partial charge in [-0.3, -0.25) is 14.2 Å². The number of amides is 1. The lowest BCUT2D eigenvalue weighted by atomic mass is 10.0. The number of cyclic esters (lactones) is 1. The zero-order chi connectivity index (χ0) is 14.0. The Morgan fingerprint density at radius 3 is 2.95 bits per heavy atom. The number of anilines is 1. The van der Waals surface area contributed by atoms with Gasteiger partial charge in [-0.25, -0.2) is 5.43 Å². The Labute approximate surface area is 106 Å². The summed E-state index contributed by atoms with van der Waals surface area (Å²) in [5.74, 6) is -2.10. The monoisotopic (exact) mass is 269 g/mol. The van der Waals surface area contributed by atoms with Crippen molar-refractivity contribution in [1.82, 2.24) is 10.6 Å². The molecular formula is C9H11N5O5. The second-order valence-electron chi connectivity index (χ2n) is 3.87. The van der Waals surface area contributed by atoms with E-state index in [9.17, 15) is 14.8 Å². The second kappa shape index (κ2) is 4.92. The van der Waals surface area contributed by atoms with E-state index < -0.39 is 17.5 Å². The lowest BCUT2D eigenvalue weighted by Crippen LogP contribution is -2.36. The maximum atomic E-state index is 11.6. The maximum Gasteiger partial charge on any atom is 0.322 e. The number of carbonyl (C=O) groups is 2. The Morgan fingerprint density at radius 1 is 1.68 bits per heavy atom. The van der Waals surface area contributed by atoms with Crippen LogP contribution in [0.5, 0.6) is 0 Å². The van der Waals surface area contributed by atoms with Gasteiger partial charge in [-0.15, -0.1) is 0 Å². The van der Waals surface area contributed by atoms with Crippen LogP contribution in [0.3, 0.4) is 0 Å². The molecule has 1 amide bonds. The largest absolute Gasteiger partial charge is 0.465 e. The predicted octanol–water partition coefficient (Wildman–Crippen LogP) is -1.44. The summed E-state index contributed by atoms with van der Waals surface area (Å²) in [5, 5.41) is 17.9. The van der Waals surface area contributed by atoms with Crippen LogP contribution in [0, 0.1) is 11.1 Å². The topological polar surface area (TPSA) is 147 Å². The lowest BCUT2D eigenvalue weighted by Gasteiger charge is -2.04. The van der Waals surface area contributed by atoms with E-state index in [1.54, 1.807) is 6.92 Å². The lowest BCUT2D eigenvalue weighted by molar-refractivity contribution is -0.803. The molecule has 0 saturated carbocycles. The molecule has 0 radical (unpaired) electrons. The number of hydrogen-bond acceptors (Lipinski definition) is 8. The van der Waals surface area contributed by atoms with E-state index in [4.69, 9.17) is 10.5 Å². The van der Waals surface area contributed by atoms with E-state index in [2.05, 4.69) is 20.3 Å². The Kier molecular flexibility index (Phi) is 3.31. The molecule has 10 heteroatoms. The smallest absolute Gasteiger partial charge is 0.322 e. The summed E-state index contributed by atoms with van der Waals surface area (Å²) < 4.78 is 8.92. The standard InChI is InChI=1S/C9H11N5O5/c1-4(5-2-3-18-9(5)16)11-12-8(15)6-7(10)13-19-14(6)17/h5H,2-3H2,1H3,(H2,10,13)(H,12,15)/b11-4+/t5-/m1/s1. The molecule has 0 aliphatic carbocycles. The normalized spacial score (nSPS) is 19.3. The molecular weight excluding hydrogens is 258 g/mol. The third kappa shape index (κ3) is 2.46. The van der Waals surface area contributed by atoms with Crippen molar-refractivity contribution < 1.29 is 23.9 Å². The fourth-order valence-corrected chi connectivity index (χ4v) is 1.60. The van der Waals surface area contributed by atoms with Crippen molar-refractivity contribution in [2.45, 2.75) is 13.3 Å². The number of nitrogens with two attached hydrogens (primary N) is 1. The molecule has 0 aromatic carbocycles. The number of aromatic nitrogens is 2. The van der Waals surface area contributed by atoms with E-state index in [0.717, 1.165) is 0 Å². The first-order valence-electron chi connectivity index (χ1n) is 5.37. The van der Waals surface area contributed by atoms with Crippen molar-refractivity contribution in [1.29, 1.82) is 0 Å². The number of nitrogen functional groups attached to an aromatic ring is 1. The third-order valence-corrected chi connectivity index (χ3v) is 2.63. The number of ether oxygens (including phenoxy) is 1. The fraction of sp³-hybridized carbons (Fsp3) is 0.444. The molecule has 0 unspecified atom stereocenters. The minimum absolute atomic E-state index is 0.126. The van der Waals surface area contributed by atoms with Crippen LogP contribution in [-0.4, -0.2) is 29.4 Å². The highest BCUT2D eigenvalue weighted by atomic mass is 16.8. The van der Waals surface area contributed by atoms with Gasteiger partial charge in [0.05, 0.1) is 17.7 Å². The van der Waals surface area contributed by atoms with Gasteiger partial charge in [0.15, 0.2) is 0 Å². The molecule has 10 nitrogen and oxygen atoms in total. The molecule has 0 spiro atoms. The van der Waals surface area contributed by atoms with Gasteiger partial charge >= 0.3 is 23.4 Å². The van der Waals surface area contributed by atoms with E-state index in [0.29, 0.717) is 18.7 Å². The number of carbonyl (C=O) groups excluding carboxylic acids is 2. The molecule has 2 rings (SSSR count). The van der Waals surface area contributed by atoms with Crippen LogP contribution >= 0.6 is 0 Å².